The van der Waals surface area contributed by atoms with Crippen LogP contribution in [-0.2, 0) is 10.0 Å². The van der Waals surface area contributed by atoms with E-state index in [4.69, 9.17) is 0 Å². The fourth-order valence-corrected chi connectivity index (χ4v) is 5.01. The summed E-state index contributed by atoms with van der Waals surface area (Å²) in [7, 11) is -3.81. The smallest absolute Gasteiger partial charge is 0.305 e. The van der Waals surface area contributed by atoms with Crippen molar-refractivity contribution in [2.75, 3.05) is 13.1 Å². The van der Waals surface area contributed by atoms with Gasteiger partial charge in [-0.25, -0.2) is 17.6 Å². The van der Waals surface area contributed by atoms with Crippen molar-refractivity contribution in [3.8, 4) is 0 Å². The van der Waals surface area contributed by atoms with E-state index >= 15 is 0 Å². The highest BCUT2D eigenvalue weighted by Gasteiger charge is 2.28. The Kier molecular flexibility index (Phi) is 4.24. The predicted molar refractivity (Wildman–Crippen MR) is 101 cm³/mol. The van der Waals surface area contributed by atoms with Crippen molar-refractivity contribution in [2.24, 2.45) is 0 Å². The van der Waals surface area contributed by atoms with Crippen LogP contribution in [0.15, 0.2) is 58.2 Å². The van der Waals surface area contributed by atoms with E-state index < -0.39 is 15.8 Å². The molecular weight excluding hydrogens is 369 g/mol. The highest BCUT2D eigenvalue weighted by atomic mass is 32.2. The number of halogens is 1. The summed E-state index contributed by atoms with van der Waals surface area (Å²) >= 11 is 0. The zero-order valence-corrected chi connectivity index (χ0v) is 15.5. The maximum absolute atomic E-state index is 13.5. The Hall–Kier alpha value is -2.71. The SMILES string of the molecule is Cc1ccc(F)cc1S(=O)(=O)N1CC=C(n2c(=O)[nH]c3ccccc32)CC1. The quantitative estimate of drug-likeness (QED) is 0.751. The monoisotopic (exact) mass is 387 g/mol. The van der Waals surface area contributed by atoms with Crippen molar-refractivity contribution in [2.45, 2.75) is 18.2 Å². The summed E-state index contributed by atoms with van der Waals surface area (Å²) in [6.45, 7) is 1.98. The van der Waals surface area contributed by atoms with Crippen molar-refractivity contribution in [3.05, 3.63) is 70.4 Å². The summed E-state index contributed by atoms with van der Waals surface area (Å²) in [6.07, 6.45) is 2.12. The number of hydrogen-bond acceptors (Lipinski definition) is 3. The minimum absolute atomic E-state index is 0.0244. The fraction of sp³-hybridized carbons (Fsp3) is 0.211. The number of sulfonamides is 1. The number of benzene rings is 2. The molecular formula is C19H18FN3O3S. The molecule has 0 bridgehead atoms. The zero-order chi connectivity index (χ0) is 19.2. The number of aromatic nitrogens is 2. The van der Waals surface area contributed by atoms with E-state index in [1.807, 2.05) is 24.3 Å². The van der Waals surface area contributed by atoms with Crippen molar-refractivity contribution in [3.63, 3.8) is 0 Å². The molecule has 0 saturated carbocycles. The van der Waals surface area contributed by atoms with Gasteiger partial charge in [0.2, 0.25) is 10.0 Å². The number of nitrogens with one attached hydrogen (secondary N) is 1. The molecule has 1 aliphatic rings. The summed E-state index contributed by atoms with van der Waals surface area (Å²) < 4.78 is 42.2. The van der Waals surface area contributed by atoms with E-state index in [0.29, 0.717) is 12.0 Å². The van der Waals surface area contributed by atoms with Crippen LogP contribution in [0.4, 0.5) is 4.39 Å². The maximum atomic E-state index is 13.5. The van der Waals surface area contributed by atoms with E-state index in [2.05, 4.69) is 4.98 Å². The third-order valence-corrected chi connectivity index (χ3v) is 6.80. The minimum Gasteiger partial charge on any atom is -0.305 e. The molecule has 2 aromatic carbocycles. The van der Waals surface area contributed by atoms with Gasteiger partial charge in [0.15, 0.2) is 0 Å². The van der Waals surface area contributed by atoms with Gasteiger partial charge in [-0.2, -0.15) is 4.31 Å². The van der Waals surface area contributed by atoms with Crippen LogP contribution >= 0.6 is 0 Å². The number of H-pyrrole nitrogens is 1. The molecule has 2 heterocycles. The number of aromatic amines is 1. The van der Waals surface area contributed by atoms with Crippen LogP contribution in [0, 0.1) is 12.7 Å². The number of rotatable bonds is 3. The third-order valence-electron chi connectivity index (χ3n) is 4.79. The van der Waals surface area contributed by atoms with E-state index in [0.717, 1.165) is 22.8 Å². The van der Waals surface area contributed by atoms with E-state index in [1.165, 1.54) is 16.4 Å². The molecule has 0 saturated heterocycles. The lowest BCUT2D eigenvalue weighted by Gasteiger charge is -2.26. The molecule has 0 aliphatic carbocycles. The molecule has 1 aromatic heterocycles. The first kappa shape index (κ1) is 17.7. The molecule has 4 rings (SSSR count). The van der Waals surface area contributed by atoms with Gasteiger partial charge in [0.1, 0.15) is 5.82 Å². The predicted octanol–water partition coefficient (Wildman–Crippen LogP) is 2.71. The Morgan fingerprint density at radius 3 is 2.67 bits per heavy atom. The first-order valence-electron chi connectivity index (χ1n) is 8.53. The van der Waals surface area contributed by atoms with Crippen LogP contribution < -0.4 is 5.69 Å². The highest BCUT2D eigenvalue weighted by Crippen LogP contribution is 2.26. The number of imidazole rings is 1. The van der Waals surface area contributed by atoms with Crippen LogP contribution in [0.25, 0.3) is 16.7 Å². The average Bonchev–Trinajstić information content (AvgIpc) is 2.99. The van der Waals surface area contributed by atoms with Crippen molar-refractivity contribution in [1.29, 1.82) is 0 Å². The normalized spacial score (nSPS) is 15.9. The Bertz CT molecular complexity index is 1220. The van der Waals surface area contributed by atoms with Gasteiger partial charge >= 0.3 is 5.69 Å². The Morgan fingerprint density at radius 1 is 1.15 bits per heavy atom. The fourth-order valence-electron chi connectivity index (χ4n) is 3.39. The first-order chi connectivity index (χ1) is 12.9. The van der Waals surface area contributed by atoms with Crippen LogP contribution in [0.1, 0.15) is 12.0 Å². The van der Waals surface area contributed by atoms with Gasteiger partial charge < -0.3 is 4.98 Å². The number of para-hydroxylation sites is 2. The molecule has 6 nitrogen and oxygen atoms in total. The second-order valence-corrected chi connectivity index (χ2v) is 8.41. The minimum atomic E-state index is -3.81. The van der Waals surface area contributed by atoms with Crippen molar-refractivity contribution < 1.29 is 12.8 Å². The lowest BCUT2D eigenvalue weighted by Crippen LogP contribution is -2.36. The maximum Gasteiger partial charge on any atom is 0.330 e. The van der Waals surface area contributed by atoms with E-state index in [1.54, 1.807) is 17.6 Å². The molecule has 3 aromatic rings. The van der Waals surface area contributed by atoms with Gasteiger partial charge in [0, 0.05) is 25.2 Å². The van der Waals surface area contributed by atoms with Crippen LogP contribution in [0.2, 0.25) is 0 Å². The second kappa shape index (κ2) is 6.47. The largest absolute Gasteiger partial charge is 0.330 e. The summed E-state index contributed by atoms with van der Waals surface area (Å²) in [4.78, 5) is 15.1. The van der Waals surface area contributed by atoms with Crippen LogP contribution in [0.5, 0.6) is 0 Å². The molecule has 0 atom stereocenters. The van der Waals surface area contributed by atoms with Crippen molar-refractivity contribution >= 4 is 26.8 Å². The molecule has 140 valence electrons. The van der Waals surface area contributed by atoms with Crippen LogP contribution in [-0.4, -0.2) is 35.4 Å². The van der Waals surface area contributed by atoms with E-state index in [9.17, 15) is 17.6 Å². The molecule has 27 heavy (non-hydrogen) atoms. The molecule has 0 radical (unpaired) electrons. The first-order valence-corrected chi connectivity index (χ1v) is 9.97. The summed E-state index contributed by atoms with van der Waals surface area (Å²) in [5.74, 6) is -0.585. The standard InChI is InChI=1S/C19H18FN3O3S/c1-13-6-7-14(20)12-18(13)27(25,26)22-10-8-15(9-11-22)23-17-5-3-2-4-16(17)21-19(23)24/h2-8,12H,9-11H2,1H3,(H,21,24). The molecule has 0 fully saturated rings. The Labute approximate surface area is 155 Å². The van der Waals surface area contributed by atoms with Gasteiger partial charge in [-0.05, 0) is 42.8 Å². The number of nitrogens with zero attached hydrogens (tertiary/aromatic N) is 2. The molecule has 0 amide bonds. The lowest BCUT2D eigenvalue weighted by molar-refractivity contribution is 0.437. The number of hydrogen-bond donors (Lipinski definition) is 1. The third kappa shape index (κ3) is 3.00. The zero-order valence-electron chi connectivity index (χ0n) is 14.6. The highest BCUT2D eigenvalue weighted by molar-refractivity contribution is 7.89. The molecule has 1 N–H and O–H groups in total. The molecule has 0 spiro atoms. The van der Waals surface area contributed by atoms with Crippen LogP contribution in [0.3, 0.4) is 0 Å². The average molecular weight is 387 g/mol. The van der Waals surface area contributed by atoms with Gasteiger partial charge in [-0.3, -0.25) is 4.57 Å². The molecule has 1 aliphatic heterocycles. The van der Waals surface area contributed by atoms with Gasteiger partial charge in [-0.15, -0.1) is 0 Å². The summed E-state index contributed by atoms with van der Waals surface area (Å²) in [6, 6.07) is 11.1. The van der Waals surface area contributed by atoms with Gasteiger partial charge in [0.25, 0.3) is 0 Å². The van der Waals surface area contributed by atoms with Gasteiger partial charge in [0.05, 0.1) is 15.9 Å². The Balaban J connectivity index is 1.68. The lowest BCUT2D eigenvalue weighted by atomic mass is 10.2. The summed E-state index contributed by atoms with van der Waals surface area (Å²) in [5.41, 5.74) is 2.48. The topological polar surface area (TPSA) is 75.2 Å². The number of aryl methyl sites for hydroxylation is 1. The molecule has 0 unspecified atom stereocenters. The van der Waals surface area contributed by atoms with Gasteiger partial charge in [-0.1, -0.05) is 18.2 Å². The molecule has 8 heteroatoms. The second-order valence-electron chi connectivity index (χ2n) is 6.50. The summed E-state index contributed by atoms with van der Waals surface area (Å²) in [5, 5.41) is 0. The Morgan fingerprint density at radius 2 is 1.93 bits per heavy atom. The van der Waals surface area contributed by atoms with E-state index in [-0.39, 0.29) is 23.7 Å². The number of fused-ring (bicyclic) bond motifs is 1. The van der Waals surface area contributed by atoms with Crippen molar-refractivity contribution in [1.82, 2.24) is 13.9 Å².